The maximum Gasteiger partial charge on any atom is 0.243 e. The lowest BCUT2D eigenvalue weighted by atomic mass is 10.1. The molecule has 0 saturated carbocycles. The summed E-state index contributed by atoms with van der Waals surface area (Å²) in [5.41, 5.74) is 2.70. The number of carbonyl (C=O) groups excluding carboxylic acids is 2. The van der Waals surface area contributed by atoms with Crippen LogP contribution in [0.1, 0.15) is 12.5 Å². The Labute approximate surface area is 173 Å². The van der Waals surface area contributed by atoms with E-state index in [1.165, 1.54) is 16.7 Å². The molecule has 3 rings (SSSR count). The highest BCUT2D eigenvalue weighted by molar-refractivity contribution is 7.99. The Morgan fingerprint density at radius 1 is 1.17 bits per heavy atom. The van der Waals surface area contributed by atoms with Crippen LogP contribution >= 0.6 is 11.8 Å². The third-order valence-corrected chi connectivity index (χ3v) is 5.05. The number of likely N-dealkylation sites (N-methyl/N-ethyl adjacent to an activating group) is 1. The number of amides is 2. The average molecular weight is 411 g/mol. The minimum atomic E-state index is -0.232. The van der Waals surface area contributed by atoms with Gasteiger partial charge in [-0.25, -0.2) is 4.98 Å². The molecule has 0 fully saturated rings. The smallest absolute Gasteiger partial charge is 0.243 e. The van der Waals surface area contributed by atoms with Gasteiger partial charge in [0.25, 0.3) is 0 Å². The predicted molar refractivity (Wildman–Crippen MR) is 112 cm³/mol. The molecule has 0 aliphatic rings. The van der Waals surface area contributed by atoms with Crippen LogP contribution in [-0.2, 0) is 16.0 Å². The van der Waals surface area contributed by atoms with Gasteiger partial charge in [0, 0.05) is 30.7 Å². The van der Waals surface area contributed by atoms with E-state index in [4.69, 9.17) is 0 Å². The number of anilines is 1. The minimum Gasteiger partial charge on any atom is -0.336 e. The van der Waals surface area contributed by atoms with Crippen molar-refractivity contribution >= 4 is 29.3 Å². The molecule has 29 heavy (non-hydrogen) atoms. The zero-order chi connectivity index (χ0) is 20.6. The molecule has 0 bridgehead atoms. The van der Waals surface area contributed by atoms with Crippen molar-refractivity contribution in [2.24, 2.45) is 0 Å². The quantitative estimate of drug-likeness (QED) is 0.553. The fourth-order valence-corrected chi connectivity index (χ4v) is 3.37. The summed E-state index contributed by atoms with van der Waals surface area (Å²) in [6.45, 7) is 2.01. The topological polar surface area (TPSA) is 104 Å². The highest BCUT2D eigenvalue weighted by Gasteiger charge is 2.15. The normalized spacial score (nSPS) is 10.6. The van der Waals surface area contributed by atoms with Crippen LogP contribution in [0.4, 0.5) is 5.69 Å². The summed E-state index contributed by atoms with van der Waals surface area (Å²) < 4.78 is 0. The van der Waals surface area contributed by atoms with Gasteiger partial charge in [0.15, 0.2) is 5.82 Å². The Hall–Kier alpha value is -3.20. The standard InChI is InChI=1S/C20H22N6O2S/c1-3-14-6-4-5-7-16(14)22-17(27)12-26(2)18(28)13-29-20-23-19(24-25-20)15-8-10-21-11-9-15/h4-11H,3,12-13H2,1-2H3,(H,22,27)(H,23,24,25). The summed E-state index contributed by atoms with van der Waals surface area (Å²) in [5.74, 6) is 0.349. The van der Waals surface area contributed by atoms with Gasteiger partial charge < -0.3 is 10.2 Å². The molecular formula is C20H22N6O2S. The summed E-state index contributed by atoms with van der Waals surface area (Å²) >= 11 is 1.22. The molecule has 0 spiro atoms. The molecule has 9 heteroatoms. The molecule has 0 unspecified atom stereocenters. The number of carbonyl (C=O) groups is 2. The first-order valence-corrected chi connectivity index (χ1v) is 10.1. The summed E-state index contributed by atoms with van der Waals surface area (Å²) in [7, 11) is 1.61. The molecule has 0 aliphatic heterocycles. The zero-order valence-corrected chi connectivity index (χ0v) is 17.1. The molecule has 3 aromatic rings. The molecular weight excluding hydrogens is 388 g/mol. The molecule has 0 radical (unpaired) electrons. The number of H-pyrrole nitrogens is 1. The van der Waals surface area contributed by atoms with Crippen LogP contribution in [0.5, 0.6) is 0 Å². The van der Waals surface area contributed by atoms with E-state index in [0.717, 1.165) is 23.2 Å². The van der Waals surface area contributed by atoms with Gasteiger partial charge >= 0.3 is 0 Å². The van der Waals surface area contributed by atoms with Crippen molar-refractivity contribution in [3.8, 4) is 11.4 Å². The lowest BCUT2D eigenvalue weighted by Crippen LogP contribution is -2.36. The number of benzene rings is 1. The van der Waals surface area contributed by atoms with Gasteiger partial charge in [-0.05, 0) is 30.2 Å². The average Bonchev–Trinajstić information content (AvgIpc) is 3.22. The largest absolute Gasteiger partial charge is 0.336 e. The van der Waals surface area contributed by atoms with Crippen molar-refractivity contribution in [1.29, 1.82) is 0 Å². The maximum atomic E-state index is 12.4. The van der Waals surface area contributed by atoms with Gasteiger partial charge in [-0.1, -0.05) is 36.9 Å². The van der Waals surface area contributed by atoms with Crippen molar-refractivity contribution in [3.05, 3.63) is 54.4 Å². The molecule has 0 aliphatic carbocycles. The minimum absolute atomic E-state index is 0.0201. The Balaban J connectivity index is 1.49. The lowest BCUT2D eigenvalue weighted by molar-refractivity contribution is -0.131. The summed E-state index contributed by atoms with van der Waals surface area (Å²) in [4.78, 5) is 34.4. The van der Waals surface area contributed by atoms with E-state index in [0.29, 0.717) is 11.0 Å². The molecule has 8 nitrogen and oxygen atoms in total. The first-order valence-electron chi connectivity index (χ1n) is 9.14. The monoisotopic (exact) mass is 410 g/mol. The second-order valence-corrected chi connectivity index (χ2v) is 7.24. The Morgan fingerprint density at radius 2 is 1.93 bits per heavy atom. The first kappa shape index (κ1) is 20.5. The van der Waals surface area contributed by atoms with Crippen LogP contribution in [-0.4, -0.2) is 56.2 Å². The third-order valence-electron chi connectivity index (χ3n) is 4.22. The van der Waals surface area contributed by atoms with Crippen molar-refractivity contribution < 1.29 is 9.59 Å². The number of aryl methyl sites for hydroxylation is 1. The number of nitrogens with one attached hydrogen (secondary N) is 2. The second-order valence-electron chi connectivity index (χ2n) is 6.30. The van der Waals surface area contributed by atoms with E-state index in [9.17, 15) is 9.59 Å². The van der Waals surface area contributed by atoms with Gasteiger partial charge in [0.1, 0.15) is 0 Å². The fourth-order valence-electron chi connectivity index (χ4n) is 2.63. The van der Waals surface area contributed by atoms with Crippen molar-refractivity contribution in [1.82, 2.24) is 25.1 Å². The maximum absolute atomic E-state index is 12.4. The van der Waals surface area contributed by atoms with E-state index in [1.54, 1.807) is 19.4 Å². The number of nitrogens with zero attached hydrogens (tertiary/aromatic N) is 4. The predicted octanol–water partition coefficient (Wildman–Crippen LogP) is 2.62. The van der Waals surface area contributed by atoms with Crippen molar-refractivity contribution in [2.75, 3.05) is 24.7 Å². The third kappa shape index (κ3) is 5.64. The van der Waals surface area contributed by atoms with E-state index in [2.05, 4.69) is 25.5 Å². The van der Waals surface area contributed by atoms with Crippen LogP contribution in [0.3, 0.4) is 0 Å². The van der Waals surface area contributed by atoms with Gasteiger partial charge in [0.2, 0.25) is 17.0 Å². The van der Waals surface area contributed by atoms with Crippen molar-refractivity contribution in [3.63, 3.8) is 0 Å². The van der Waals surface area contributed by atoms with Gasteiger partial charge in [-0.2, -0.15) is 0 Å². The van der Waals surface area contributed by atoms with Crippen LogP contribution in [0.25, 0.3) is 11.4 Å². The van der Waals surface area contributed by atoms with Gasteiger partial charge in [0.05, 0.1) is 12.3 Å². The number of thioether (sulfide) groups is 1. The zero-order valence-electron chi connectivity index (χ0n) is 16.3. The van der Waals surface area contributed by atoms with Crippen LogP contribution in [0.2, 0.25) is 0 Å². The van der Waals surface area contributed by atoms with Crippen LogP contribution in [0.15, 0.2) is 53.9 Å². The summed E-state index contributed by atoms with van der Waals surface area (Å²) in [6, 6.07) is 11.3. The Kier molecular flexibility index (Phi) is 6.96. The number of rotatable bonds is 8. The summed E-state index contributed by atoms with van der Waals surface area (Å²) in [5, 5.41) is 10.3. The number of para-hydroxylation sites is 1. The first-order chi connectivity index (χ1) is 14.1. The Morgan fingerprint density at radius 3 is 2.69 bits per heavy atom. The molecule has 2 N–H and O–H groups in total. The SMILES string of the molecule is CCc1ccccc1NC(=O)CN(C)C(=O)CSc1n[nH]c(-c2ccncc2)n1. The number of hydrogen-bond donors (Lipinski definition) is 2. The number of pyridine rings is 1. The van der Waals surface area contributed by atoms with Crippen LogP contribution < -0.4 is 5.32 Å². The highest BCUT2D eigenvalue weighted by Crippen LogP contribution is 2.19. The molecule has 2 aromatic heterocycles. The summed E-state index contributed by atoms with van der Waals surface area (Å²) in [6.07, 6.45) is 4.17. The van der Waals surface area contributed by atoms with E-state index in [-0.39, 0.29) is 24.1 Å². The highest BCUT2D eigenvalue weighted by atomic mass is 32.2. The van der Waals surface area contributed by atoms with Crippen LogP contribution in [0, 0.1) is 0 Å². The lowest BCUT2D eigenvalue weighted by Gasteiger charge is -2.17. The number of hydrogen-bond acceptors (Lipinski definition) is 6. The van der Waals surface area contributed by atoms with Gasteiger partial charge in [-0.15, -0.1) is 5.10 Å². The molecule has 2 amide bonds. The molecule has 0 saturated heterocycles. The number of aromatic nitrogens is 4. The molecule has 1 aromatic carbocycles. The van der Waals surface area contributed by atoms with Gasteiger partial charge in [-0.3, -0.25) is 19.7 Å². The van der Waals surface area contributed by atoms with E-state index < -0.39 is 0 Å². The number of aromatic amines is 1. The molecule has 0 atom stereocenters. The second kappa shape index (κ2) is 9.83. The van der Waals surface area contributed by atoms with Crippen molar-refractivity contribution in [2.45, 2.75) is 18.5 Å². The van der Waals surface area contributed by atoms with E-state index >= 15 is 0 Å². The molecule has 2 heterocycles. The molecule has 150 valence electrons. The Bertz CT molecular complexity index is 976. The fraction of sp³-hybridized carbons (Fsp3) is 0.250. The van der Waals surface area contributed by atoms with E-state index in [1.807, 2.05) is 43.3 Å².